The third-order valence-corrected chi connectivity index (χ3v) is 1.68. The van der Waals surface area contributed by atoms with Crippen molar-refractivity contribution < 1.29 is 4.79 Å². The van der Waals surface area contributed by atoms with E-state index < -0.39 is 0 Å². The van der Waals surface area contributed by atoms with Gasteiger partial charge in [-0.25, -0.2) is 0 Å². The van der Waals surface area contributed by atoms with Gasteiger partial charge >= 0.3 is 0 Å². The lowest BCUT2D eigenvalue weighted by Gasteiger charge is -2.02. The number of hydrogen-bond acceptors (Lipinski definition) is 2. The molecule has 0 amide bonds. The molecule has 0 spiro atoms. The summed E-state index contributed by atoms with van der Waals surface area (Å²) in [5, 5.41) is 8.36. The van der Waals surface area contributed by atoms with Gasteiger partial charge in [0.15, 0.2) is 5.78 Å². The Bertz CT molecular complexity index is 357. The predicted molar refractivity (Wildman–Crippen MR) is 49.2 cm³/mol. The van der Waals surface area contributed by atoms with E-state index in [9.17, 15) is 4.79 Å². The first kappa shape index (κ1) is 9.27. The second-order valence-electron chi connectivity index (χ2n) is 2.59. The molecule has 0 fully saturated rings. The lowest BCUT2D eigenvalue weighted by molar-refractivity contribution is 0.0989. The van der Waals surface area contributed by atoms with Crippen LogP contribution in [0.1, 0.15) is 16.9 Å². The first-order valence-electron chi connectivity index (χ1n) is 3.95. The molecule has 0 radical (unpaired) electrons. The Kier molecular flexibility index (Phi) is 3.04. The molecule has 0 aliphatic heterocycles. The molecule has 0 N–H and O–H groups in total. The van der Waals surface area contributed by atoms with Gasteiger partial charge in [0.2, 0.25) is 0 Å². The second-order valence-corrected chi connectivity index (χ2v) is 2.59. The summed E-state index contributed by atoms with van der Waals surface area (Å²) in [6, 6.07) is 5.33. The van der Waals surface area contributed by atoms with Gasteiger partial charge in [-0.1, -0.05) is 6.08 Å². The summed E-state index contributed by atoms with van der Waals surface area (Å²) < 4.78 is 1.77. The van der Waals surface area contributed by atoms with Crippen LogP contribution in [0.5, 0.6) is 0 Å². The normalized spacial score (nSPS) is 9.15. The third-order valence-electron chi connectivity index (χ3n) is 1.68. The number of nitriles is 1. The van der Waals surface area contributed by atoms with Crippen LogP contribution in [-0.4, -0.2) is 10.4 Å². The summed E-state index contributed by atoms with van der Waals surface area (Å²) in [6.45, 7) is 4.18. The molecule has 0 aromatic carbocycles. The fourth-order valence-corrected chi connectivity index (χ4v) is 1.13. The molecule has 0 atom stereocenters. The van der Waals surface area contributed by atoms with Crippen molar-refractivity contribution in [3.63, 3.8) is 0 Å². The van der Waals surface area contributed by atoms with Crippen LogP contribution in [0.15, 0.2) is 31.0 Å². The van der Waals surface area contributed by atoms with Gasteiger partial charge in [0.1, 0.15) is 6.42 Å². The standard InChI is InChI=1S/C10H10N2O/c1-2-7-12-8-3-4-9(12)10(13)5-6-11/h2-4,8H,1,5,7H2. The van der Waals surface area contributed by atoms with Gasteiger partial charge in [0.05, 0.1) is 11.8 Å². The molecule has 13 heavy (non-hydrogen) atoms. The van der Waals surface area contributed by atoms with E-state index in [0.717, 1.165) is 0 Å². The predicted octanol–water partition coefficient (Wildman–Crippen LogP) is 1.77. The Morgan fingerprint density at radius 1 is 1.77 bits per heavy atom. The van der Waals surface area contributed by atoms with E-state index in [0.29, 0.717) is 12.2 Å². The molecule has 0 saturated carbocycles. The number of ketones is 1. The van der Waals surface area contributed by atoms with E-state index >= 15 is 0 Å². The van der Waals surface area contributed by atoms with Crippen molar-refractivity contribution in [3.8, 4) is 6.07 Å². The molecular weight excluding hydrogens is 164 g/mol. The molecule has 0 bridgehead atoms. The van der Waals surface area contributed by atoms with Crippen LogP contribution < -0.4 is 0 Å². The molecule has 0 aliphatic carbocycles. The molecule has 1 rings (SSSR count). The van der Waals surface area contributed by atoms with Crippen LogP contribution in [0, 0.1) is 11.3 Å². The summed E-state index contributed by atoms with van der Waals surface area (Å²) in [7, 11) is 0. The zero-order valence-corrected chi connectivity index (χ0v) is 7.23. The molecule has 1 aromatic heterocycles. The highest BCUT2D eigenvalue weighted by Gasteiger charge is 2.08. The van der Waals surface area contributed by atoms with Crippen LogP contribution in [0.3, 0.4) is 0 Å². The second kappa shape index (κ2) is 4.27. The maximum atomic E-state index is 11.3. The number of aromatic nitrogens is 1. The van der Waals surface area contributed by atoms with Crippen molar-refractivity contribution in [2.24, 2.45) is 0 Å². The lowest BCUT2D eigenvalue weighted by atomic mass is 10.2. The monoisotopic (exact) mass is 174 g/mol. The van der Waals surface area contributed by atoms with E-state index in [1.54, 1.807) is 29.0 Å². The van der Waals surface area contributed by atoms with Crippen LogP contribution in [-0.2, 0) is 6.54 Å². The summed E-state index contributed by atoms with van der Waals surface area (Å²) in [5.41, 5.74) is 0.571. The van der Waals surface area contributed by atoms with Gasteiger partial charge in [0, 0.05) is 12.7 Å². The minimum atomic E-state index is -0.144. The highest BCUT2D eigenvalue weighted by Crippen LogP contribution is 2.05. The Balaban J connectivity index is 2.87. The topological polar surface area (TPSA) is 45.8 Å². The first-order chi connectivity index (χ1) is 6.29. The van der Waals surface area contributed by atoms with Gasteiger partial charge in [0.25, 0.3) is 0 Å². The number of rotatable bonds is 4. The van der Waals surface area contributed by atoms with Gasteiger partial charge < -0.3 is 4.57 Å². The number of allylic oxidation sites excluding steroid dienone is 1. The molecule has 1 heterocycles. The smallest absolute Gasteiger partial charge is 0.193 e. The number of carbonyl (C=O) groups is 1. The largest absolute Gasteiger partial charge is 0.341 e. The van der Waals surface area contributed by atoms with E-state index in [-0.39, 0.29) is 12.2 Å². The van der Waals surface area contributed by atoms with E-state index in [2.05, 4.69) is 6.58 Å². The van der Waals surface area contributed by atoms with Gasteiger partial charge in [-0.3, -0.25) is 4.79 Å². The highest BCUT2D eigenvalue weighted by atomic mass is 16.1. The SMILES string of the molecule is C=CCn1cccc1C(=O)CC#N. The van der Waals surface area contributed by atoms with Crippen molar-refractivity contribution in [1.29, 1.82) is 5.26 Å². The Morgan fingerprint density at radius 2 is 2.54 bits per heavy atom. The van der Waals surface area contributed by atoms with Crippen molar-refractivity contribution in [2.75, 3.05) is 0 Å². The van der Waals surface area contributed by atoms with Gasteiger partial charge in [-0.2, -0.15) is 5.26 Å². The Labute approximate surface area is 76.9 Å². The molecule has 1 aromatic rings. The van der Waals surface area contributed by atoms with Crippen molar-refractivity contribution in [2.45, 2.75) is 13.0 Å². The van der Waals surface area contributed by atoms with Gasteiger partial charge in [-0.05, 0) is 12.1 Å². The summed E-state index contributed by atoms with van der Waals surface area (Å²) in [4.78, 5) is 11.3. The molecular formula is C10H10N2O. The van der Waals surface area contributed by atoms with Crippen molar-refractivity contribution in [1.82, 2.24) is 4.57 Å². The lowest BCUT2D eigenvalue weighted by Crippen LogP contribution is -2.06. The highest BCUT2D eigenvalue weighted by molar-refractivity contribution is 5.96. The molecule has 66 valence electrons. The summed E-state index contributed by atoms with van der Waals surface area (Å²) in [5.74, 6) is -0.144. The van der Waals surface area contributed by atoms with E-state index in [1.807, 2.05) is 6.07 Å². The molecule has 3 heteroatoms. The van der Waals surface area contributed by atoms with E-state index in [4.69, 9.17) is 5.26 Å². The fourth-order valence-electron chi connectivity index (χ4n) is 1.13. The Hall–Kier alpha value is -1.82. The quantitative estimate of drug-likeness (QED) is 0.515. The summed E-state index contributed by atoms with van der Waals surface area (Å²) in [6.07, 6.45) is 3.44. The van der Waals surface area contributed by atoms with Crippen molar-refractivity contribution in [3.05, 3.63) is 36.7 Å². The first-order valence-corrected chi connectivity index (χ1v) is 3.95. The van der Waals surface area contributed by atoms with Gasteiger partial charge in [-0.15, -0.1) is 6.58 Å². The third kappa shape index (κ3) is 2.06. The average Bonchev–Trinajstić information content (AvgIpc) is 2.54. The van der Waals surface area contributed by atoms with Crippen LogP contribution >= 0.6 is 0 Å². The van der Waals surface area contributed by atoms with Crippen LogP contribution in [0.2, 0.25) is 0 Å². The number of Topliss-reactive ketones (excluding diaryl/α,β-unsaturated/α-hetero) is 1. The number of hydrogen-bond donors (Lipinski definition) is 0. The maximum Gasteiger partial charge on any atom is 0.193 e. The van der Waals surface area contributed by atoms with Crippen molar-refractivity contribution >= 4 is 5.78 Å². The zero-order chi connectivity index (χ0) is 9.68. The minimum Gasteiger partial charge on any atom is -0.341 e. The van der Waals surface area contributed by atoms with Crippen LogP contribution in [0.4, 0.5) is 0 Å². The molecule has 0 saturated heterocycles. The molecule has 3 nitrogen and oxygen atoms in total. The number of nitrogens with zero attached hydrogens (tertiary/aromatic N) is 2. The molecule has 0 aliphatic rings. The summed E-state index contributed by atoms with van der Waals surface area (Å²) >= 11 is 0. The average molecular weight is 174 g/mol. The van der Waals surface area contributed by atoms with Crippen LogP contribution in [0.25, 0.3) is 0 Å². The van der Waals surface area contributed by atoms with E-state index in [1.165, 1.54) is 0 Å². The molecule has 0 unspecified atom stereocenters. The zero-order valence-electron chi connectivity index (χ0n) is 7.23. The Morgan fingerprint density at radius 3 is 3.15 bits per heavy atom. The number of carbonyl (C=O) groups excluding carboxylic acids is 1. The fraction of sp³-hybridized carbons (Fsp3) is 0.200. The minimum absolute atomic E-state index is 0.0683. The maximum absolute atomic E-state index is 11.3.